The van der Waals surface area contributed by atoms with E-state index in [0.29, 0.717) is 18.4 Å². The SMILES string of the molecule is COc1ccc(C(C)(C)CNC(=O)C2C3CCC(C3)C2N)cc1.Cl. The Morgan fingerprint density at radius 1 is 1.25 bits per heavy atom. The number of carbonyl (C=O) groups excluding carboxylic acids is 1. The Bertz CT molecular complexity index is 571. The topological polar surface area (TPSA) is 64.3 Å². The zero-order chi connectivity index (χ0) is 16.6. The molecular formula is C19H29ClN2O2. The number of hydrogen-bond acceptors (Lipinski definition) is 3. The molecule has 2 fully saturated rings. The summed E-state index contributed by atoms with van der Waals surface area (Å²) in [5, 5.41) is 3.16. The average Bonchev–Trinajstić information content (AvgIpc) is 3.14. The minimum atomic E-state index is -0.121. The van der Waals surface area contributed by atoms with Gasteiger partial charge in [-0.15, -0.1) is 12.4 Å². The summed E-state index contributed by atoms with van der Waals surface area (Å²) in [6, 6.07) is 8.11. The first-order valence-corrected chi connectivity index (χ1v) is 8.60. The largest absolute Gasteiger partial charge is 0.497 e. The van der Waals surface area contributed by atoms with Crippen molar-refractivity contribution in [2.75, 3.05) is 13.7 Å². The third-order valence-electron chi connectivity index (χ3n) is 5.86. The molecule has 4 unspecified atom stereocenters. The van der Waals surface area contributed by atoms with E-state index in [1.54, 1.807) is 7.11 Å². The summed E-state index contributed by atoms with van der Waals surface area (Å²) < 4.78 is 5.20. The standard InChI is InChI=1S/C19H28N2O2.ClH/c1-19(2,14-6-8-15(23-3)9-7-14)11-21-18(22)16-12-4-5-13(10-12)17(16)20;/h6-9,12-13,16-17H,4-5,10-11,20H2,1-3H3,(H,21,22);1H. The lowest BCUT2D eigenvalue weighted by molar-refractivity contribution is -0.127. The molecule has 4 atom stereocenters. The van der Waals surface area contributed by atoms with Crippen molar-refractivity contribution in [2.24, 2.45) is 23.5 Å². The van der Waals surface area contributed by atoms with Gasteiger partial charge in [0.25, 0.3) is 0 Å². The zero-order valence-electron chi connectivity index (χ0n) is 14.7. The van der Waals surface area contributed by atoms with E-state index in [-0.39, 0.29) is 35.7 Å². The molecule has 134 valence electrons. The van der Waals surface area contributed by atoms with Crippen LogP contribution in [0.3, 0.4) is 0 Å². The van der Waals surface area contributed by atoms with Crippen LogP contribution >= 0.6 is 12.4 Å². The third kappa shape index (κ3) is 3.55. The second kappa shape index (κ2) is 7.32. The number of hydrogen-bond donors (Lipinski definition) is 2. The fourth-order valence-corrected chi connectivity index (χ4v) is 4.30. The number of methoxy groups -OCH3 is 1. The Morgan fingerprint density at radius 3 is 2.42 bits per heavy atom. The maximum Gasteiger partial charge on any atom is 0.224 e. The van der Waals surface area contributed by atoms with Gasteiger partial charge in [-0.2, -0.15) is 0 Å². The van der Waals surface area contributed by atoms with Gasteiger partial charge >= 0.3 is 0 Å². The molecule has 3 rings (SSSR count). The Morgan fingerprint density at radius 2 is 1.88 bits per heavy atom. The Balaban J connectivity index is 0.00000208. The van der Waals surface area contributed by atoms with Crippen LogP contribution in [0.1, 0.15) is 38.7 Å². The molecule has 0 spiro atoms. The molecule has 1 aromatic carbocycles. The Kier molecular flexibility index (Phi) is 5.82. The van der Waals surface area contributed by atoms with Gasteiger partial charge in [-0.3, -0.25) is 4.79 Å². The molecular weight excluding hydrogens is 324 g/mol. The number of rotatable bonds is 5. The molecule has 2 aliphatic carbocycles. The third-order valence-corrected chi connectivity index (χ3v) is 5.86. The number of nitrogens with one attached hydrogen (secondary N) is 1. The molecule has 2 bridgehead atoms. The molecule has 0 heterocycles. The van der Waals surface area contributed by atoms with Crippen LogP contribution in [-0.4, -0.2) is 25.6 Å². The minimum absolute atomic E-state index is 0. The predicted molar refractivity (Wildman–Crippen MR) is 98.6 cm³/mol. The molecule has 0 saturated heterocycles. The molecule has 4 nitrogen and oxygen atoms in total. The molecule has 0 aromatic heterocycles. The quantitative estimate of drug-likeness (QED) is 0.856. The van der Waals surface area contributed by atoms with E-state index >= 15 is 0 Å². The number of halogens is 1. The van der Waals surface area contributed by atoms with E-state index in [1.807, 2.05) is 12.1 Å². The van der Waals surface area contributed by atoms with Crippen molar-refractivity contribution in [3.05, 3.63) is 29.8 Å². The molecule has 0 aliphatic heterocycles. The highest BCUT2D eigenvalue weighted by atomic mass is 35.5. The highest BCUT2D eigenvalue weighted by molar-refractivity contribution is 5.85. The molecule has 2 saturated carbocycles. The van der Waals surface area contributed by atoms with Crippen LogP contribution in [0.25, 0.3) is 0 Å². The summed E-state index contributed by atoms with van der Waals surface area (Å²) in [5.41, 5.74) is 7.34. The number of nitrogens with two attached hydrogens (primary N) is 1. The maximum atomic E-state index is 12.6. The van der Waals surface area contributed by atoms with Crippen molar-refractivity contribution in [1.82, 2.24) is 5.32 Å². The van der Waals surface area contributed by atoms with E-state index in [1.165, 1.54) is 18.4 Å². The van der Waals surface area contributed by atoms with Gasteiger partial charge in [0.1, 0.15) is 5.75 Å². The maximum absolute atomic E-state index is 12.6. The van der Waals surface area contributed by atoms with E-state index < -0.39 is 0 Å². The first-order valence-electron chi connectivity index (χ1n) is 8.60. The minimum Gasteiger partial charge on any atom is -0.497 e. The molecule has 5 heteroatoms. The van der Waals surface area contributed by atoms with Gasteiger partial charge in [-0.1, -0.05) is 26.0 Å². The fourth-order valence-electron chi connectivity index (χ4n) is 4.30. The van der Waals surface area contributed by atoms with Crippen molar-refractivity contribution in [3.8, 4) is 5.75 Å². The van der Waals surface area contributed by atoms with Crippen LogP contribution in [0.15, 0.2) is 24.3 Å². The van der Waals surface area contributed by atoms with Crippen LogP contribution in [0.4, 0.5) is 0 Å². The highest BCUT2D eigenvalue weighted by Gasteiger charge is 2.49. The van der Waals surface area contributed by atoms with Gasteiger partial charge in [0.15, 0.2) is 0 Å². The Labute approximate surface area is 150 Å². The lowest BCUT2D eigenvalue weighted by Crippen LogP contribution is -2.47. The number of benzene rings is 1. The van der Waals surface area contributed by atoms with Crippen molar-refractivity contribution in [3.63, 3.8) is 0 Å². The average molecular weight is 353 g/mol. The Hall–Kier alpha value is -1.26. The predicted octanol–water partition coefficient (Wildman–Crippen LogP) is 2.88. The van der Waals surface area contributed by atoms with Crippen LogP contribution in [0.2, 0.25) is 0 Å². The highest BCUT2D eigenvalue weighted by Crippen LogP contribution is 2.47. The second-order valence-corrected chi connectivity index (χ2v) is 7.77. The monoisotopic (exact) mass is 352 g/mol. The van der Waals surface area contributed by atoms with E-state index in [0.717, 1.165) is 12.2 Å². The summed E-state index contributed by atoms with van der Waals surface area (Å²) in [6.07, 6.45) is 3.51. The number of amides is 1. The fraction of sp³-hybridized carbons (Fsp3) is 0.632. The second-order valence-electron chi connectivity index (χ2n) is 7.77. The molecule has 3 N–H and O–H groups in total. The smallest absolute Gasteiger partial charge is 0.224 e. The summed E-state index contributed by atoms with van der Waals surface area (Å²) >= 11 is 0. The first-order chi connectivity index (χ1) is 10.9. The number of carbonyl (C=O) groups is 1. The normalized spacial score (nSPS) is 28.3. The van der Waals surface area contributed by atoms with E-state index in [4.69, 9.17) is 10.5 Å². The lowest BCUT2D eigenvalue weighted by Gasteiger charge is -2.30. The van der Waals surface area contributed by atoms with Crippen LogP contribution < -0.4 is 15.8 Å². The molecule has 2 aliphatic rings. The molecule has 1 amide bonds. The van der Waals surface area contributed by atoms with Gasteiger partial charge in [0.2, 0.25) is 5.91 Å². The molecule has 24 heavy (non-hydrogen) atoms. The summed E-state index contributed by atoms with van der Waals surface area (Å²) in [5.74, 6) is 2.07. The van der Waals surface area contributed by atoms with Gasteiger partial charge in [0, 0.05) is 18.0 Å². The van der Waals surface area contributed by atoms with Crippen LogP contribution in [0.5, 0.6) is 5.75 Å². The van der Waals surface area contributed by atoms with Gasteiger partial charge in [-0.25, -0.2) is 0 Å². The van der Waals surface area contributed by atoms with Gasteiger partial charge in [-0.05, 0) is 48.8 Å². The summed E-state index contributed by atoms with van der Waals surface area (Å²) in [7, 11) is 1.67. The zero-order valence-corrected chi connectivity index (χ0v) is 15.6. The van der Waals surface area contributed by atoms with Crippen LogP contribution in [0, 0.1) is 17.8 Å². The van der Waals surface area contributed by atoms with E-state index in [2.05, 4.69) is 31.3 Å². The lowest BCUT2D eigenvalue weighted by atomic mass is 9.82. The van der Waals surface area contributed by atoms with Crippen LogP contribution in [-0.2, 0) is 10.2 Å². The summed E-state index contributed by atoms with van der Waals surface area (Å²) in [4.78, 5) is 12.6. The number of fused-ring (bicyclic) bond motifs is 2. The van der Waals surface area contributed by atoms with Gasteiger partial charge < -0.3 is 15.8 Å². The first kappa shape index (κ1) is 19.1. The van der Waals surface area contributed by atoms with Crippen molar-refractivity contribution < 1.29 is 9.53 Å². The molecule has 0 radical (unpaired) electrons. The van der Waals surface area contributed by atoms with E-state index in [9.17, 15) is 4.79 Å². The van der Waals surface area contributed by atoms with Gasteiger partial charge in [0.05, 0.1) is 13.0 Å². The van der Waals surface area contributed by atoms with Crippen molar-refractivity contribution in [2.45, 2.75) is 44.6 Å². The molecule has 1 aromatic rings. The number of ether oxygens (including phenoxy) is 1. The van der Waals surface area contributed by atoms with Crippen molar-refractivity contribution >= 4 is 18.3 Å². The summed E-state index contributed by atoms with van der Waals surface area (Å²) in [6.45, 7) is 4.92. The van der Waals surface area contributed by atoms with Crippen molar-refractivity contribution in [1.29, 1.82) is 0 Å².